The van der Waals surface area contributed by atoms with Crippen LogP contribution in [0.2, 0.25) is 0 Å². The van der Waals surface area contributed by atoms with Crippen LogP contribution in [-0.4, -0.2) is 20.8 Å². The second-order valence-electron chi connectivity index (χ2n) is 1.94. The first-order valence-corrected chi connectivity index (χ1v) is 3.76. The number of hydrogen-bond acceptors (Lipinski definition) is 2. The Hall–Kier alpha value is -0.970. The number of nitroso groups, excluding NO2 is 1. The molecule has 0 radical (unpaired) electrons. The molecule has 58 valence electrons. The van der Waals surface area contributed by atoms with Crippen LogP contribution in [0.25, 0.3) is 0 Å². The standard InChI is InChI=1S/C6H4BrNO3/c7-5-3-1-2-4(6(9)10)8(5)11/h1-3,5H/p+1. The van der Waals surface area contributed by atoms with Gasteiger partial charge in [0.15, 0.2) is 0 Å². The average Bonchev–Trinajstić information content (AvgIpc) is 1.94. The van der Waals surface area contributed by atoms with Crippen LogP contribution in [0.4, 0.5) is 0 Å². The number of halogens is 1. The number of carboxylic acid groups (broad SMARTS) is 1. The Morgan fingerprint density at radius 3 is 2.82 bits per heavy atom. The van der Waals surface area contributed by atoms with Crippen LogP contribution in [0.5, 0.6) is 0 Å². The monoisotopic (exact) mass is 218 g/mol. The molecule has 1 aliphatic rings. The smallest absolute Gasteiger partial charge is 0.405 e. The first kappa shape index (κ1) is 8.13. The topological polar surface area (TPSA) is 57.4 Å². The van der Waals surface area contributed by atoms with Crippen LogP contribution in [0.1, 0.15) is 0 Å². The van der Waals surface area contributed by atoms with E-state index in [0.717, 1.165) is 0 Å². The Bertz CT molecular complexity index is 269. The zero-order chi connectivity index (χ0) is 8.43. The molecule has 1 atom stereocenters. The van der Waals surface area contributed by atoms with Gasteiger partial charge in [0.25, 0.3) is 4.95 Å². The first-order valence-electron chi connectivity index (χ1n) is 2.85. The van der Waals surface area contributed by atoms with Crippen LogP contribution >= 0.6 is 15.9 Å². The molecule has 0 amide bonds. The summed E-state index contributed by atoms with van der Waals surface area (Å²) in [6, 6.07) is 0. The second kappa shape index (κ2) is 2.96. The highest BCUT2D eigenvalue weighted by atomic mass is 79.9. The fraction of sp³-hybridized carbons (Fsp3) is 0.167. The number of carbonyl (C=O) groups is 1. The molecule has 0 saturated carbocycles. The van der Waals surface area contributed by atoms with E-state index in [1.807, 2.05) is 0 Å². The Morgan fingerprint density at radius 1 is 1.73 bits per heavy atom. The van der Waals surface area contributed by atoms with Gasteiger partial charge in [0.1, 0.15) is 0 Å². The van der Waals surface area contributed by atoms with Gasteiger partial charge in [-0.05, 0) is 6.08 Å². The number of alkyl halides is 1. The van der Waals surface area contributed by atoms with Crippen molar-refractivity contribution in [1.82, 2.24) is 0 Å². The average molecular weight is 219 g/mol. The van der Waals surface area contributed by atoms with Crippen molar-refractivity contribution < 1.29 is 14.7 Å². The van der Waals surface area contributed by atoms with Gasteiger partial charge in [-0.25, -0.2) is 4.79 Å². The molecule has 0 aromatic heterocycles. The summed E-state index contributed by atoms with van der Waals surface area (Å²) in [6.45, 7) is 0. The Balaban J connectivity index is 2.96. The third-order valence-corrected chi connectivity index (χ3v) is 1.88. The SMILES string of the molecule is O=C(O)C1=CC=CC(Br)[N+]1=O. The number of hydrogen-bond donors (Lipinski definition) is 1. The molecule has 0 fully saturated rings. The van der Waals surface area contributed by atoms with Crippen LogP contribution in [0, 0.1) is 4.91 Å². The maximum Gasteiger partial charge on any atom is 0.405 e. The van der Waals surface area contributed by atoms with Gasteiger partial charge in [0.05, 0.1) is 4.76 Å². The molecule has 1 N–H and O–H groups in total. The number of nitrogens with zero attached hydrogens (tertiary/aromatic N) is 1. The van der Waals surface area contributed by atoms with Crippen molar-refractivity contribution in [1.29, 1.82) is 0 Å². The summed E-state index contributed by atoms with van der Waals surface area (Å²) in [5, 5.41) is 8.46. The van der Waals surface area contributed by atoms with E-state index in [2.05, 4.69) is 15.9 Å². The summed E-state index contributed by atoms with van der Waals surface area (Å²) in [5.74, 6) is -1.21. The van der Waals surface area contributed by atoms with Gasteiger partial charge < -0.3 is 5.11 Å². The first-order chi connectivity index (χ1) is 5.13. The van der Waals surface area contributed by atoms with Gasteiger partial charge in [0.2, 0.25) is 0 Å². The van der Waals surface area contributed by atoms with Crippen molar-refractivity contribution in [3.8, 4) is 0 Å². The minimum Gasteiger partial charge on any atom is -0.473 e. The predicted molar refractivity (Wildman–Crippen MR) is 41.2 cm³/mol. The Kier molecular flexibility index (Phi) is 2.19. The molecule has 0 spiro atoms. The van der Waals surface area contributed by atoms with Crippen LogP contribution in [0.15, 0.2) is 23.9 Å². The number of allylic oxidation sites excluding steroid dienone is 2. The molecule has 0 aromatic carbocycles. The molecule has 1 rings (SSSR count). The molecule has 1 aliphatic heterocycles. The summed E-state index contributed by atoms with van der Waals surface area (Å²) in [5.41, 5.74) is -0.255. The van der Waals surface area contributed by atoms with Crippen LogP contribution < -0.4 is 0 Å². The number of aliphatic carboxylic acids is 1. The molecule has 0 saturated heterocycles. The van der Waals surface area contributed by atoms with Gasteiger partial charge in [-0.3, -0.25) is 0 Å². The minimum absolute atomic E-state index is 0.255. The molecular weight excluding hydrogens is 214 g/mol. The number of rotatable bonds is 1. The summed E-state index contributed by atoms with van der Waals surface area (Å²) in [4.78, 5) is 20.7. The third-order valence-electron chi connectivity index (χ3n) is 1.20. The van der Waals surface area contributed by atoms with Gasteiger partial charge in [0, 0.05) is 26.9 Å². The predicted octanol–water partition coefficient (Wildman–Crippen LogP) is 1.02. The lowest BCUT2D eigenvalue weighted by atomic mass is 10.3. The molecule has 5 heteroatoms. The van der Waals surface area contributed by atoms with E-state index >= 15 is 0 Å². The highest BCUT2D eigenvalue weighted by Gasteiger charge is 2.32. The summed E-state index contributed by atoms with van der Waals surface area (Å²) in [6.07, 6.45) is 4.34. The Labute approximate surface area is 70.9 Å². The lowest BCUT2D eigenvalue weighted by molar-refractivity contribution is -0.496. The van der Waals surface area contributed by atoms with Crippen molar-refractivity contribution >= 4 is 21.9 Å². The minimum atomic E-state index is -1.21. The van der Waals surface area contributed by atoms with E-state index < -0.39 is 10.9 Å². The zero-order valence-electron chi connectivity index (χ0n) is 5.40. The highest BCUT2D eigenvalue weighted by molar-refractivity contribution is 9.09. The Morgan fingerprint density at radius 2 is 2.36 bits per heavy atom. The van der Waals surface area contributed by atoms with Crippen molar-refractivity contribution in [3.05, 3.63) is 28.8 Å². The molecule has 1 heterocycles. The van der Waals surface area contributed by atoms with E-state index in [0.29, 0.717) is 4.76 Å². The maximum atomic E-state index is 10.9. The van der Waals surface area contributed by atoms with E-state index in [1.165, 1.54) is 12.2 Å². The van der Waals surface area contributed by atoms with Crippen LogP contribution in [0.3, 0.4) is 0 Å². The van der Waals surface area contributed by atoms with Crippen LogP contribution in [-0.2, 0) is 4.79 Å². The van der Waals surface area contributed by atoms with Gasteiger partial charge >= 0.3 is 11.7 Å². The van der Waals surface area contributed by atoms with E-state index in [9.17, 15) is 9.70 Å². The van der Waals surface area contributed by atoms with Crippen molar-refractivity contribution in [2.45, 2.75) is 4.95 Å². The molecule has 11 heavy (non-hydrogen) atoms. The number of carboxylic acids is 1. The molecule has 0 aliphatic carbocycles. The second-order valence-corrected chi connectivity index (χ2v) is 2.88. The fourth-order valence-corrected chi connectivity index (χ4v) is 1.09. The molecule has 0 bridgehead atoms. The van der Waals surface area contributed by atoms with E-state index in [4.69, 9.17) is 5.11 Å². The normalized spacial score (nSPS) is 23.2. The third kappa shape index (κ3) is 1.54. The molecule has 0 aromatic rings. The lowest BCUT2D eigenvalue weighted by Crippen LogP contribution is -2.22. The van der Waals surface area contributed by atoms with E-state index in [-0.39, 0.29) is 5.70 Å². The van der Waals surface area contributed by atoms with Gasteiger partial charge in [-0.2, -0.15) is 0 Å². The summed E-state index contributed by atoms with van der Waals surface area (Å²) >= 11 is 2.98. The highest BCUT2D eigenvalue weighted by Crippen LogP contribution is 2.14. The largest absolute Gasteiger partial charge is 0.473 e. The zero-order valence-corrected chi connectivity index (χ0v) is 6.98. The molecular formula is C6H5BrNO3+. The van der Waals surface area contributed by atoms with Gasteiger partial charge in [-0.15, -0.1) is 0 Å². The maximum absolute atomic E-state index is 10.9. The molecule has 1 unspecified atom stereocenters. The lowest BCUT2D eigenvalue weighted by Gasteiger charge is -1.99. The molecule has 4 nitrogen and oxygen atoms in total. The summed E-state index contributed by atoms with van der Waals surface area (Å²) in [7, 11) is 0. The quantitative estimate of drug-likeness (QED) is 0.407. The fourth-order valence-electron chi connectivity index (χ4n) is 0.688. The van der Waals surface area contributed by atoms with Crippen molar-refractivity contribution in [2.24, 2.45) is 0 Å². The van der Waals surface area contributed by atoms with Crippen molar-refractivity contribution in [3.63, 3.8) is 0 Å². The van der Waals surface area contributed by atoms with E-state index in [1.54, 1.807) is 6.08 Å². The summed E-state index contributed by atoms with van der Waals surface area (Å²) < 4.78 is 0.391. The van der Waals surface area contributed by atoms with Crippen molar-refractivity contribution in [2.75, 3.05) is 0 Å². The van der Waals surface area contributed by atoms with Gasteiger partial charge in [-0.1, -0.05) is 6.08 Å².